The molecule has 0 aliphatic heterocycles. The fourth-order valence-electron chi connectivity index (χ4n) is 1.60. The first-order valence-electron chi connectivity index (χ1n) is 6.11. The number of nitrogens with zero attached hydrogens (tertiary/aromatic N) is 2. The van der Waals surface area contributed by atoms with Crippen LogP contribution in [-0.4, -0.2) is 42.8 Å². The molecule has 7 nitrogen and oxygen atoms in total. The topological polar surface area (TPSA) is 104 Å². The van der Waals surface area contributed by atoms with Gasteiger partial charge in [-0.15, -0.1) is 0 Å². The second-order valence-electron chi connectivity index (χ2n) is 4.51. The van der Waals surface area contributed by atoms with Crippen LogP contribution in [0.15, 0.2) is 36.5 Å². The highest BCUT2D eigenvalue weighted by Crippen LogP contribution is 2.12. The molecule has 0 saturated heterocycles. The van der Waals surface area contributed by atoms with Gasteiger partial charge in [-0.25, -0.2) is 17.9 Å². The Labute approximate surface area is 122 Å². The lowest BCUT2D eigenvalue weighted by Gasteiger charge is -2.03. The van der Waals surface area contributed by atoms with Gasteiger partial charge in [-0.3, -0.25) is 0 Å². The molecule has 0 radical (unpaired) electrons. The van der Waals surface area contributed by atoms with Crippen molar-refractivity contribution in [1.82, 2.24) is 9.78 Å². The molecule has 0 fully saturated rings. The Morgan fingerprint density at radius 3 is 2.81 bits per heavy atom. The summed E-state index contributed by atoms with van der Waals surface area (Å²) in [6.07, 6.45) is 2.68. The van der Waals surface area contributed by atoms with Gasteiger partial charge in [0.05, 0.1) is 11.4 Å². The lowest BCUT2D eigenvalue weighted by molar-refractivity contribution is 0.0522. The molecule has 2 N–H and O–H groups in total. The number of esters is 1. The molecule has 0 aliphatic rings. The van der Waals surface area contributed by atoms with E-state index >= 15 is 0 Å². The Kier molecular flexibility index (Phi) is 4.27. The lowest BCUT2D eigenvalue weighted by Crippen LogP contribution is -2.15. The van der Waals surface area contributed by atoms with Crippen molar-refractivity contribution in [2.24, 2.45) is 0 Å². The number of nitrogen functional groups attached to an aromatic ring is 1. The molecule has 1 aromatic heterocycles. The summed E-state index contributed by atoms with van der Waals surface area (Å²) in [5, 5.41) is 4.07. The zero-order valence-electron chi connectivity index (χ0n) is 11.4. The number of hydrogen-bond acceptors (Lipinski definition) is 6. The Morgan fingerprint density at radius 2 is 2.14 bits per heavy atom. The first-order valence-corrected chi connectivity index (χ1v) is 8.18. The number of benzene rings is 1. The molecule has 21 heavy (non-hydrogen) atoms. The van der Waals surface area contributed by atoms with Gasteiger partial charge in [-0.1, -0.05) is 6.07 Å². The standard InChI is InChI=1S/C13H15N3O4S/c1-21(18,19)8-7-20-13(17)12-5-6-16(15-12)11-4-2-3-10(14)9-11/h2-6,9H,7-8,14H2,1H3. The van der Waals surface area contributed by atoms with Gasteiger partial charge in [0.25, 0.3) is 0 Å². The van der Waals surface area contributed by atoms with E-state index in [1.807, 2.05) is 0 Å². The highest BCUT2D eigenvalue weighted by Gasteiger charge is 2.13. The van der Waals surface area contributed by atoms with Crippen molar-refractivity contribution in [2.45, 2.75) is 0 Å². The summed E-state index contributed by atoms with van der Waals surface area (Å²) in [7, 11) is -3.16. The minimum atomic E-state index is -3.16. The van der Waals surface area contributed by atoms with E-state index in [1.165, 1.54) is 10.7 Å². The van der Waals surface area contributed by atoms with Crippen LogP contribution in [0.5, 0.6) is 0 Å². The zero-order valence-corrected chi connectivity index (χ0v) is 12.2. The first kappa shape index (κ1) is 15.0. The number of hydrogen-bond donors (Lipinski definition) is 1. The molecule has 112 valence electrons. The smallest absolute Gasteiger partial charge is 0.358 e. The average molecular weight is 309 g/mol. The van der Waals surface area contributed by atoms with Crippen molar-refractivity contribution in [3.8, 4) is 5.69 Å². The predicted octanol–water partition coefficient (Wildman–Crippen LogP) is 0.656. The number of carbonyl (C=O) groups is 1. The lowest BCUT2D eigenvalue weighted by atomic mass is 10.3. The molecule has 8 heteroatoms. The van der Waals surface area contributed by atoms with Crippen LogP contribution in [0.25, 0.3) is 5.69 Å². The number of anilines is 1. The van der Waals surface area contributed by atoms with Gasteiger partial charge in [-0.05, 0) is 24.3 Å². The van der Waals surface area contributed by atoms with Crippen LogP contribution >= 0.6 is 0 Å². The third-order valence-corrected chi connectivity index (χ3v) is 3.53. The Bertz CT molecular complexity index is 752. The van der Waals surface area contributed by atoms with Crippen molar-refractivity contribution in [2.75, 3.05) is 24.3 Å². The van der Waals surface area contributed by atoms with E-state index in [9.17, 15) is 13.2 Å². The molecule has 1 heterocycles. The molecular weight excluding hydrogens is 294 g/mol. The van der Waals surface area contributed by atoms with Crippen molar-refractivity contribution in [3.05, 3.63) is 42.2 Å². The van der Waals surface area contributed by atoms with Crippen molar-refractivity contribution >= 4 is 21.5 Å². The first-order chi connectivity index (χ1) is 9.85. The third-order valence-electron chi connectivity index (χ3n) is 2.62. The van der Waals surface area contributed by atoms with Crippen molar-refractivity contribution in [1.29, 1.82) is 0 Å². The molecule has 2 rings (SSSR count). The van der Waals surface area contributed by atoms with Crippen LogP contribution in [0, 0.1) is 0 Å². The normalized spacial score (nSPS) is 11.3. The van der Waals surface area contributed by atoms with Crippen LogP contribution < -0.4 is 5.73 Å². The molecule has 0 aliphatic carbocycles. The van der Waals surface area contributed by atoms with Crippen LogP contribution in [-0.2, 0) is 14.6 Å². The van der Waals surface area contributed by atoms with Gasteiger partial charge in [0, 0.05) is 18.1 Å². The van der Waals surface area contributed by atoms with E-state index in [-0.39, 0.29) is 18.1 Å². The molecule has 2 aromatic rings. The monoisotopic (exact) mass is 309 g/mol. The molecule has 0 amide bonds. The number of nitrogens with two attached hydrogens (primary N) is 1. The molecule has 0 spiro atoms. The number of aromatic nitrogens is 2. The van der Waals surface area contributed by atoms with E-state index < -0.39 is 15.8 Å². The number of rotatable bonds is 5. The van der Waals surface area contributed by atoms with Gasteiger partial charge >= 0.3 is 5.97 Å². The maximum absolute atomic E-state index is 11.7. The second-order valence-corrected chi connectivity index (χ2v) is 6.77. The van der Waals surface area contributed by atoms with E-state index in [0.717, 1.165) is 6.26 Å². The van der Waals surface area contributed by atoms with Gasteiger partial charge < -0.3 is 10.5 Å². The molecule has 0 bridgehead atoms. The fraction of sp³-hybridized carbons (Fsp3) is 0.231. The van der Waals surface area contributed by atoms with E-state index in [0.29, 0.717) is 11.4 Å². The van der Waals surface area contributed by atoms with Gasteiger partial charge in [0.15, 0.2) is 15.5 Å². The van der Waals surface area contributed by atoms with E-state index in [1.54, 1.807) is 30.5 Å². The van der Waals surface area contributed by atoms with Crippen LogP contribution in [0.2, 0.25) is 0 Å². The molecular formula is C13H15N3O4S. The minimum absolute atomic E-state index is 0.103. The van der Waals surface area contributed by atoms with Crippen LogP contribution in [0.4, 0.5) is 5.69 Å². The Hall–Kier alpha value is -2.35. The Balaban J connectivity index is 2.04. The molecule has 0 saturated carbocycles. The quantitative estimate of drug-likeness (QED) is 0.642. The van der Waals surface area contributed by atoms with Crippen LogP contribution in [0.1, 0.15) is 10.5 Å². The number of ether oxygens (including phenoxy) is 1. The van der Waals surface area contributed by atoms with Gasteiger partial charge in [0.1, 0.15) is 6.61 Å². The predicted molar refractivity (Wildman–Crippen MR) is 78.0 cm³/mol. The summed E-state index contributed by atoms with van der Waals surface area (Å²) in [5.74, 6) is -0.879. The maximum Gasteiger partial charge on any atom is 0.358 e. The summed E-state index contributed by atoms with van der Waals surface area (Å²) >= 11 is 0. The summed E-state index contributed by atoms with van der Waals surface area (Å²) in [6, 6.07) is 8.52. The summed E-state index contributed by atoms with van der Waals surface area (Å²) in [4.78, 5) is 11.7. The summed E-state index contributed by atoms with van der Waals surface area (Å²) in [6.45, 7) is -0.192. The van der Waals surface area contributed by atoms with Crippen molar-refractivity contribution in [3.63, 3.8) is 0 Å². The summed E-state index contributed by atoms with van der Waals surface area (Å²) < 4.78 is 28.2. The van der Waals surface area contributed by atoms with Crippen molar-refractivity contribution < 1.29 is 17.9 Å². The maximum atomic E-state index is 11.7. The summed E-state index contributed by atoms with van der Waals surface area (Å²) in [5.41, 5.74) is 7.08. The second kappa shape index (κ2) is 5.96. The number of carbonyl (C=O) groups excluding carboxylic acids is 1. The average Bonchev–Trinajstić information content (AvgIpc) is 2.86. The fourth-order valence-corrected chi connectivity index (χ4v) is 1.99. The van der Waals surface area contributed by atoms with Crippen LogP contribution in [0.3, 0.4) is 0 Å². The van der Waals surface area contributed by atoms with E-state index in [4.69, 9.17) is 10.5 Å². The van der Waals surface area contributed by atoms with Gasteiger partial charge in [-0.2, -0.15) is 5.10 Å². The molecule has 0 unspecified atom stereocenters. The third kappa shape index (κ3) is 4.32. The van der Waals surface area contributed by atoms with Gasteiger partial charge in [0.2, 0.25) is 0 Å². The highest BCUT2D eigenvalue weighted by atomic mass is 32.2. The molecule has 0 atom stereocenters. The largest absolute Gasteiger partial charge is 0.460 e. The Morgan fingerprint density at radius 1 is 1.38 bits per heavy atom. The number of sulfone groups is 1. The van der Waals surface area contributed by atoms with E-state index in [2.05, 4.69) is 5.10 Å². The minimum Gasteiger partial charge on any atom is -0.460 e. The SMILES string of the molecule is CS(=O)(=O)CCOC(=O)c1ccn(-c2cccc(N)c2)n1. The zero-order chi connectivity index (χ0) is 15.5. The highest BCUT2D eigenvalue weighted by molar-refractivity contribution is 7.90. The molecule has 1 aromatic carbocycles.